The Bertz CT molecular complexity index is 1070. The predicted molar refractivity (Wildman–Crippen MR) is 133 cm³/mol. The number of rotatable bonds is 9. The van der Waals surface area contributed by atoms with Crippen LogP contribution in [0.3, 0.4) is 0 Å². The maximum absolute atomic E-state index is 14.2. The quantitative estimate of drug-likeness (QED) is 0.354. The van der Waals surface area contributed by atoms with E-state index < -0.39 is 14.6 Å². The Balaban J connectivity index is 2.19. The molecule has 0 aliphatic heterocycles. The zero-order valence-electron chi connectivity index (χ0n) is 17.9. The number of hydrogen-bond acceptors (Lipinski definition) is 3. The molecule has 0 heterocycles. The molecule has 0 N–H and O–H groups in total. The molecule has 4 heteroatoms. The summed E-state index contributed by atoms with van der Waals surface area (Å²) in [6, 6.07) is 26.9. The van der Waals surface area contributed by atoms with Crippen molar-refractivity contribution in [1.82, 2.24) is 0 Å². The Morgan fingerprint density at radius 3 is 1.77 bits per heavy atom. The van der Waals surface area contributed by atoms with Crippen molar-refractivity contribution in [3.05, 3.63) is 125 Å². The summed E-state index contributed by atoms with van der Waals surface area (Å²) < 4.78 is 27.2. The van der Waals surface area contributed by atoms with E-state index in [0.29, 0.717) is 17.7 Å². The summed E-state index contributed by atoms with van der Waals surface area (Å²) in [5, 5.41) is 1.95. The van der Waals surface area contributed by atoms with Crippen molar-refractivity contribution in [3.63, 3.8) is 0 Å². The van der Waals surface area contributed by atoms with E-state index in [1.165, 1.54) is 0 Å². The van der Waals surface area contributed by atoms with Gasteiger partial charge in [0.1, 0.15) is 4.75 Å². The van der Waals surface area contributed by atoms with Crippen LogP contribution in [-0.2, 0) is 22.7 Å². The highest BCUT2D eigenvalue weighted by Crippen LogP contribution is 2.35. The first-order valence-corrected chi connectivity index (χ1v) is 13.0. The maximum atomic E-state index is 14.2. The van der Waals surface area contributed by atoms with Gasteiger partial charge in [0, 0.05) is 0 Å². The Hall–Kier alpha value is -2.56. The lowest BCUT2D eigenvalue weighted by Crippen LogP contribution is -2.41. The van der Waals surface area contributed by atoms with Gasteiger partial charge in [0.25, 0.3) is 0 Å². The summed E-state index contributed by atoms with van der Waals surface area (Å²) in [6.45, 7) is 1.96. The van der Waals surface area contributed by atoms with Gasteiger partial charge in [-0.15, -0.1) is 11.8 Å². The molecule has 3 aromatic carbocycles. The fourth-order valence-corrected chi connectivity index (χ4v) is 5.83. The Labute approximate surface area is 190 Å². The number of aryl methyl sites for hydroxylation is 1. The van der Waals surface area contributed by atoms with E-state index in [1.54, 1.807) is 23.9 Å². The normalized spacial score (nSPS) is 12.6. The zero-order valence-corrected chi connectivity index (χ0v) is 19.6. The number of hydrogen-bond donors (Lipinski definition) is 0. The van der Waals surface area contributed by atoms with Gasteiger partial charge in [-0.1, -0.05) is 96.6 Å². The first-order chi connectivity index (χ1) is 15.0. The maximum Gasteiger partial charge on any atom is 0.188 e. The van der Waals surface area contributed by atoms with Crippen molar-refractivity contribution in [2.45, 2.75) is 29.4 Å². The number of sulfone groups is 1. The predicted octanol–water partition coefficient (Wildman–Crippen LogP) is 6.43. The third-order valence-electron chi connectivity index (χ3n) is 5.28. The van der Waals surface area contributed by atoms with Crippen LogP contribution in [-0.4, -0.2) is 19.4 Å². The van der Waals surface area contributed by atoms with E-state index in [9.17, 15) is 8.42 Å². The highest BCUT2D eigenvalue weighted by atomic mass is 32.2. The second-order valence-electron chi connectivity index (χ2n) is 7.63. The summed E-state index contributed by atoms with van der Waals surface area (Å²) in [5.74, 6) is 0. The minimum absolute atomic E-state index is 0.350. The van der Waals surface area contributed by atoms with Crippen molar-refractivity contribution in [2.75, 3.05) is 6.26 Å². The van der Waals surface area contributed by atoms with Crippen molar-refractivity contribution in [1.29, 1.82) is 0 Å². The van der Waals surface area contributed by atoms with Gasteiger partial charge in [0.05, 0.1) is 4.90 Å². The largest absolute Gasteiger partial charge is 0.223 e. The molecule has 2 nitrogen and oxygen atoms in total. The van der Waals surface area contributed by atoms with Crippen molar-refractivity contribution in [2.24, 2.45) is 0 Å². The zero-order chi connectivity index (χ0) is 22.2. The van der Waals surface area contributed by atoms with Crippen LogP contribution in [0.2, 0.25) is 0 Å². The number of benzene rings is 3. The van der Waals surface area contributed by atoms with Crippen LogP contribution in [0.1, 0.15) is 16.7 Å². The van der Waals surface area contributed by atoms with Gasteiger partial charge in [0.2, 0.25) is 0 Å². The molecule has 0 radical (unpaired) electrons. The lowest BCUT2D eigenvalue weighted by Gasteiger charge is -2.31. The second kappa shape index (κ2) is 10.7. The molecule has 3 aromatic rings. The van der Waals surface area contributed by atoms with E-state index in [1.807, 2.05) is 110 Å². The van der Waals surface area contributed by atoms with Crippen molar-refractivity contribution >= 4 is 21.6 Å². The summed E-state index contributed by atoms with van der Waals surface area (Å²) in [5.41, 5.74) is 3.02. The van der Waals surface area contributed by atoms with Crippen LogP contribution in [0.15, 0.2) is 113 Å². The molecular formula is C27H28O2S2. The van der Waals surface area contributed by atoms with Gasteiger partial charge >= 0.3 is 0 Å². The third-order valence-corrected chi connectivity index (χ3v) is 8.10. The molecule has 0 bridgehead atoms. The fraction of sp³-hybridized carbons (Fsp3) is 0.185. The molecule has 0 unspecified atom stereocenters. The molecule has 0 aliphatic carbocycles. The molecule has 160 valence electrons. The van der Waals surface area contributed by atoms with Crippen LogP contribution >= 0.6 is 11.8 Å². The smallest absolute Gasteiger partial charge is 0.188 e. The highest BCUT2D eigenvalue weighted by molar-refractivity contribution is 8.01. The summed E-state index contributed by atoms with van der Waals surface area (Å²) in [4.78, 5) is 0.350. The van der Waals surface area contributed by atoms with Crippen LogP contribution in [0.25, 0.3) is 0 Å². The average Bonchev–Trinajstić information content (AvgIpc) is 2.78. The minimum Gasteiger partial charge on any atom is -0.223 e. The number of allylic oxidation sites excluding steroid dienone is 2. The monoisotopic (exact) mass is 448 g/mol. The summed E-state index contributed by atoms with van der Waals surface area (Å²) >= 11 is 1.58. The van der Waals surface area contributed by atoms with Crippen molar-refractivity contribution < 1.29 is 8.42 Å². The van der Waals surface area contributed by atoms with Crippen LogP contribution < -0.4 is 0 Å². The van der Waals surface area contributed by atoms with Gasteiger partial charge in [0.15, 0.2) is 9.84 Å². The van der Waals surface area contributed by atoms with E-state index in [2.05, 4.69) is 0 Å². The van der Waals surface area contributed by atoms with Gasteiger partial charge in [-0.2, -0.15) is 0 Å². The van der Waals surface area contributed by atoms with Crippen LogP contribution in [0, 0.1) is 6.92 Å². The minimum atomic E-state index is -3.69. The lowest BCUT2D eigenvalue weighted by molar-refractivity contribution is 0.545. The molecule has 0 saturated heterocycles. The van der Waals surface area contributed by atoms with E-state index in [0.717, 1.165) is 16.7 Å². The molecule has 3 rings (SSSR count). The van der Waals surface area contributed by atoms with E-state index >= 15 is 0 Å². The molecule has 0 aromatic heterocycles. The van der Waals surface area contributed by atoms with Gasteiger partial charge in [-0.3, -0.25) is 0 Å². The Morgan fingerprint density at radius 1 is 0.774 bits per heavy atom. The molecule has 0 spiro atoms. The standard InChI is InChI=1S/C27H28O2S2/c1-23-15-17-26(18-16-23)31(28,29)27(19-9-10-20-30-2,21-24-11-5-3-6-12-24)22-25-13-7-4-8-14-25/h3-20H,21-22H2,1-2H3. The van der Waals surface area contributed by atoms with Gasteiger partial charge in [-0.05, 0) is 54.7 Å². The topological polar surface area (TPSA) is 34.1 Å². The second-order valence-corrected chi connectivity index (χ2v) is 10.7. The molecule has 0 aliphatic rings. The molecule has 0 fully saturated rings. The number of thioether (sulfide) groups is 1. The average molecular weight is 449 g/mol. The van der Waals surface area contributed by atoms with Gasteiger partial charge in [-0.25, -0.2) is 8.42 Å². The third kappa shape index (κ3) is 5.78. The highest BCUT2D eigenvalue weighted by Gasteiger charge is 2.42. The molecular weight excluding hydrogens is 420 g/mol. The van der Waals surface area contributed by atoms with Gasteiger partial charge < -0.3 is 0 Å². The van der Waals surface area contributed by atoms with Crippen LogP contribution in [0.5, 0.6) is 0 Å². The molecule has 0 amide bonds. The molecule has 31 heavy (non-hydrogen) atoms. The van der Waals surface area contributed by atoms with Crippen molar-refractivity contribution in [3.8, 4) is 0 Å². The summed E-state index contributed by atoms with van der Waals surface area (Å²) in [7, 11) is -3.69. The Morgan fingerprint density at radius 2 is 1.29 bits per heavy atom. The Kier molecular flexibility index (Phi) is 7.94. The van der Waals surface area contributed by atoms with E-state index in [-0.39, 0.29) is 0 Å². The molecule has 0 saturated carbocycles. The SMILES string of the molecule is CSC=CC=CC(Cc1ccccc1)(Cc1ccccc1)S(=O)(=O)c1ccc(C)cc1. The first-order valence-electron chi connectivity index (χ1n) is 10.2. The van der Waals surface area contributed by atoms with Crippen LogP contribution in [0.4, 0.5) is 0 Å². The fourth-order valence-electron chi connectivity index (χ4n) is 3.65. The molecule has 0 atom stereocenters. The summed E-state index contributed by atoms with van der Waals surface area (Å²) in [6.07, 6.45) is 8.41. The lowest BCUT2D eigenvalue weighted by atomic mass is 9.91. The first kappa shape index (κ1) is 23.1. The van der Waals surface area contributed by atoms with E-state index in [4.69, 9.17) is 0 Å².